The Labute approximate surface area is 71.4 Å². The molecule has 1 nitrogen and oxygen atoms in total. The lowest BCUT2D eigenvalue weighted by Crippen LogP contribution is -1.87. The van der Waals surface area contributed by atoms with Crippen molar-refractivity contribution in [1.29, 1.82) is 5.26 Å². The Bertz CT molecular complexity index is 312. The molecule has 0 heterocycles. The Hall–Kier alpha value is -1.36. The molecule has 0 fully saturated rings. The first kappa shape index (κ1) is 8.73. The largest absolute Gasteiger partial charge is 0.207 e. The molecule has 2 heteroatoms. The van der Waals surface area contributed by atoms with Crippen molar-refractivity contribution in [1.82, 2.24) is 0 Å². The molecule has 62 valence electrons. The predicted molar refractivity (Wildman–Crippen MR) is 45.1 cm³/mol. The number of aryl methyl sites for hydroxylation is 2. The highest BCUT2D eigenvalue weighted by Gasteiger charge is 1.98. The van der Waals surface area contributed by atoms with Gasteiger partial charge in [0, 0.05) is 6.42 Å². The molecule has 0 saturated heterocycles. The van der Waals surface area contributed by atoms with E-state index >= 15 is 0 Å². The van der Waals surface area contributed by atoms with Crippen LogP contribution in [0.1, 0.15) is 17.5 Å². The van der Waals surface area contributed by atoms with Gasteiger partial charge in [0.15, 0.2) is 0 Å². The molecule has 0 unspecified atom stereocenters. The Morgan fingerprint density at radius 3 is 2.83 bits per heavy atom. The van der Waals surface area contributed by atoms with E-state index in [9.17, 15) is 4.39 Å². The third kappa shape index (κ3) is 2.06. The second-order valence-electron chi connectivity index (χ2n) is 2.74. The second kappa shape index (κ2) is 3.87. The molecular formula is C10H10FN. The molecule has 0 aliphatic heterocycles. The molecule has 0 spiro atoms. The van der Waals surface area contributed by atoms with Crippen molar-refractivity contribution < 1.29 is 4.39 Å². The van der Waals surface area contributed by atoms with Crippen LogP contribution in [-0.4, -0.2) is 0 Å². The molecule has 1 aromatic rings. The fourth-order valence-corrected chi connectivity index (χ4v) is 0.992. The minimum absolute atomic E-state index is 0.189. The summed E-state index contributed by atoms with van der Waals surface area (Å²) < 4.78 is 12.9. The average Bonchev–Trinajstić information content (AvgIpc) is 2.07. The van der Waals surface area contributed by atoms with Crippen LogP contribution >= 0.6 is 0 Å². The maximum Gasteiger partial charge on any atom is 0.126 e. The number of rotatable bonds is 2. The topological polar surface area (TPSA) is 23.8 Å². The molecule has 12 heavy (non-hydrogen) atoms. The minimum atomic E-state index is -0.189. The van der Waals surface area contributed by atoms with E-state index in [1.54, 1.807) is 13.0 Å². The van der Waals surface area contributed by atoms with E-state index < -0.39 is 0 Å². The SMILES string of the molecule is Cc1ccc(CCC#N)cc1F. The molecule has 1 rings (SSSR count). The zero-order valence-electron chi connectivity index (χ0n) is 6.97. The van der Waals surface area contributed by atoms with Gasteiger partial charge in [0.05, 0.1) is 6.07 Å². The molecule has 0 radical (unpaired) electrons. The van der Waals surface area contributed by atoms with Crippen molar-refractivity contribution >= 4 is 0 Å². The number of nitrogens with zero attached hydrogens (tertiary/aromatic N) is 1. The Morgan fingerprint density at radius 2 is 2.25 bits per heavy atom. The molecule has 0 aliphatic carbocycles. The Kier molecular flexibility index (Phi) is 2.82. The van der Waals surface area contributed by atoms with Gasteiger partial charge in [-0.3, -0.25) is 0 Å². The van der Waals surface area contributed by atoms with E-state index in [1.165, 1.54) is 6.07 Å². The van der Waals surface area contributed by atoms with Gasteiger partial charge in [0.25, 0.3) is 0 Å². The lowest BCUT2D eigenvalue weighted by Gasteiger charge is -1.99. The van der Waals surface area contributed by atoms with Gasteiger partial charge in [0.1, 0.15) is 5.82 Å². The van der Waals surface area contributed by atoms with Gasteiger partial charge in [-0.1, -0.05) is 12.1 Å². The molecule has 0 saturated carbocycles. The van der Waals surface area contributed by atoms with E-state index in [4.69, 9.17) is 5.26 Å². The Morgan fingerprint density at radius 1 is 1.50 bits per heavy atom. The number of nitriles is 1. The van der Waals surface area contributed by atoms with Gasteiger partial charge in [0.2, 0.25) is 0 Å². The van der Waals surface area contributed by atoms with E-state index in [-0.39, 0.29) is 5.82 Å². The summed E-state index contributed by atoms with van der Waals surface area (Å²) in [5.74, 6) is -0.189. The summed E-state index contributed by atoms with van der Waals surface area (Å²) >= 11 is 0. The fraction of sp³-hybridized carbons (Fsp3) is 0.300. The fourth-order valence-electron chi connectivity index (χ4n) is 0.992. The van der Waals surface area contributed by atoms with Gasteiger partial charge >= 0.3 is 0 Å². The van der Waals surface area contributed by atoms with Crippen molar-refractivity contribution in [3.63, 3.8) is 0 Å². The van der Waals surface area contributed by atoms with Crippen LogP contribution in [0.2, 0.25) is 0 Å². The smallest absolute Gasteiger partial charge is 0.126 e. The summed E-state index contributed by atoms with van der Waals surface area (Å²) in [6.45, 7) is 1.73. The summed E-state index contributed by atoms with van der Waals surface area (Å²) in [6, 6.07) is 7.12. The van der Waals surface area contributed by atoms with Crippen LogP contribution in [0.3, 0.4) is 0 Å². The van der Waals surface area contributed by atoms with E-state index in [2.05, 4.69) is 0 Å². The quantitative estimate of drug-likeness (QED) is 0.657. The minimum Gasteiger partial charge on any atom is -0.207 e. The first-order valence-electron chi connectivity index (χ1n) is 3.86. The normalized spacial score (nSPS) is 9.42. The molecule has 0 atom stereocenters. The third-order valence-corrected chi connectivity index (χ3v) is 1.76. The highest BCUT2D eigenvalue weighted by molar-refractivity contribution is 5.23. The molecule has 1 aromatic carbocycles. The lowest BCUT2D eigenvalue weighted by atomic mass is 10.1. The highest BCUT2D eigenvalue weighted by Crippen LogP contribution is 2.10. The molecule has 0 aromatic heterocycles. The maximum atomic E-state index is 12.9. The second-order valence-corrected chi connectivity index (χ2v) is 2.74. The summed E-state index contributed by atoms with van der Waals surface area (Å²) in [5.41, 5.74) is 1.54. The van der Waals surface area contributed by atoms with Crippen molar-refractivity contribution in [3.8, 4) is 6.07 Å². The summed E-state index contributed by atoms with van der Waals surface area (Å²) in [4.78, 5) is 0. The average molecular weight is 163 g/mol. The number of hydrogen-bond acceptors (Lipinski definition) is 1. The van der Waals surface area contributed by atoms with Crippen LogP contribution in [0.4, 0.5) is 4.39 Å². The Balaban J connectivity index is 2.77. The van der Waals surface area contributed by atoms with Crippen molar-refractivity contribution in [2.24, 2.45) is 0 Å². The standard InChI is InChI=1S/C10H10FN/c1-8-4-5-9(3-2-6-12)7-10(8)11/h4-5,7H,2-3H2,1H3. The highest BCUT2D eigenvalue weighted by atomic mass is 19.1. The summed E-state index contributed by atoms with van der Waals surface area (Å²) in [6.07, 6.45) is 1.08. The summed E-state index contributed by atoms with van der Waals surface area (Å²) in [7, 11) is 0. The van der Waals surface area contributed by atoms with E-state index in [0.717, 1.165) is 5.56 Å². The molecule has 0 amide bonds. The molecule has 0 N–H and O–H groups in total. The number of benzene rings is 1. The molecule has 0 bridgehead atoms. The maximum absolute atomic E-state index is 12.9. The monoisotopic (exact) mass is 163 g/mol. The zero-order chi connectivity index (χ0) is 8.97. The van der Waals surface area contributed by atoms with Crippen LogP contribution in [0.15, 0.2) is 18.2 Å². The number of halogens is 1. The number of hydrogen-bond donors (Lipinski definition) is 0. The van der Waals surface area contributed by atoms with Gasteiger partial charge in [-0.15, -0.1) is 0 Å². The molecule has 0 aliphatic rings. The predicted octanol–water partition coefficient (Wildman–Crippen LogP) is 2.59. The van der Waals surface area contributed by atoms with Crippen molar-refractivity contribution in [3.05, 3.63) is 35.1 Å². The van der Waals surface area contributed by atoms with Crippen LogP contribution in [0, 0.1) is 24.1 Å². The van der Waals surface area contributed by atoms with Gasteiger partial charge < -0.3 is 0 Å². The molecular weight excluding hydrogens is 153 g/mol. The van der Waals surface area contributed by atoms with Crippen LogP contribution in [0.25, 0.3) is 0 Å². The van der Waals surface area contributed by atoms with Crippen LogP contribution < -0.4 is 0 Å². The van der Waals surface area contributed by atoms with Crippen molar-refractivity contribution in [2.45, 2.75) is 19.8 Å². The lowest BCUT2D eigenvalue weighted by molar-refractivity contribution is 0.616. The van der Waals surface area contributed by atoms with Gasteiger partial charge in [-0.25, -0.2) is 4.39 Å². The van der Waals surface area contributed by atoms with Crippen molar-refractivity contribution in [2.75, 3.05) is 0 Å². The van der Waals surface area contributed by atoms with Crippen LogP contribution in [0.5, 0.6) is 0 Å². The van der Waals surface area contributed by atoms with E-state index in [0.29, 0.717) is 18.4 Å². The first-order valence-corrected chi connectivity index (χ1v) is 3.86. The van der Waals surface area contributed by atoms with E-state index in [1.807, 2.05) is 12.1 Å². The third-order valence-electron chi connectivity index (χ3n) is 1.76. The van der Waals surface area contributed by atoms with Gasteiger partial charge in [-0.2, -0.15) is 5.26 Å². The zero-order valence-corrected chi connectivity index (χ0v) is 6.97. The van der Waals surface area contributed by atoms with Gasteiger partial charge in [-0.05, 0) is 30.5 Å². The first-order chi connectivity index (χ1) is 5.74. The van der Waals surface area contributed by atoms with Crippen LogP contribution in [-0.2, 0) is 6.42 Å². The summed E-state index contributed by atoms with van der Waals surface area (Å²) in [5, 5.41) is 8.31.